The van der Waals surface area contributed by atoms with Crippen molar-refractivity contribution in [3.8, 4) is 0 Å². The standard InChI is InChI=1S/C15H21N5O3S.ClH/c1-10-12(6-5-7-13(10)24(22,23)17-3)19-15(21)14(16-2)11-8-18-20(4)9-11;/h5-9,14,16-17H,1-4H3,(H,19,21);1H. The molecule has 0 aliphatic carbocycles. The highest BCUT2D eigenvalue weighted by Gasteiger charge is 2.22. The number of hydrogen-bond acceptors (Lipinski definition) is 5. The van der Waals surface area contributed by atoms with Crippen LogP contribution in [0, 0.1) is 6.92 Å². The van der Waals surface area contributed by atoms with E-state index in [1.807, 2.05) is 0 Å². The van der Waals surface area contributed by atoms with Gasteiger partial charge in [-0.3, -0.25) is 9.48 Å². The van der Waals surface area contributed by atoms with Crippen molar-refractivity contribution in [1.82, 2.24) is 19.8 Å². The van der Waals surface area contributed by atoms with Crippen LogP contribution in [0.1, 0.15) is 17.2 Å². The number of anilines is 1. The number of halogens is 1. The third-order valence-electron chi connectivity index (χ3n) is 3.71. The lowest BCUT2D eigenvalue weighted by atomic mass is 10.1. The van der Waals surface area contributed by atoms with Gasteiger partial charge in [-0.05, 0) is 38.7 Å². The van der Waals surface area contributed by atoms with Crippen LogP contribution < -0.4 is 15.4 Å². The van der Waals surface area contributed by atoms with Crippen molar-refractivity contribution in [2.75, 3.05) is 19.4 Å². The number of aromatic nitrogens is 2. The molecule has 0 bridgehead atoms. The number of nitrogens with zero attached hydrogens (tertiary/aromatic N) is 2. The van der Waals surface area contributed by atoms with Crippen molar-refractivity contribution < 1.29 is 13.2 Å². The average molecular weight is 388 g/mol. The van der Waals surface area contributed by atoms with Crippen LogP contribution in [0.3, 0.4) is 0 Å². The second-order valence-corrected chi connectivity index (χ2v) is 7.15. The molecule has 8 nitrogen and oxygen atoms in total. The zero-order valence-corrected chi connectivity index (χ0v) is 16.0. The molecule has 2 rings (SSSR count). The van der Waals surface area contributed by atoms with Gasteiger partial charge in [0.05, 0.1) is 11.1 Å². The fourth-order valence-electron chi connectivity index (χ4n) is 2.39. The number of amides is 1. The Hall–Kier alpha value is -1.94. The highest BCUT2D eigenvalue weighted by atomic mass is 35.5. The number of likely N-dealkylation sites (N-methyl/N-ethyl adjacent to an activating group) is 1. The summed E-state index contributed by atoms with van der Waals surface area (Å²) < 4.78 is 27.9. The number of rotatable bonds is 6. The quantitative estimate of drug-likeness (QED) is 0.684. The molecular weight excluding hydrogens is 366 g/mol. The zero-order chi connectivity index (χ0) is 17.9. The average Bonchev–Trinajstić information content (AvgIpc) is 2.96. The monoisotopic (exact) mass is 387 g/mol. The Labute approximate surface area is 153 Å². The molecule has 1 atom stereocenters. The minimum atomic E-state index is -3.59. The maximum Gasteiger partial charge on any atom is 0.246 e. The van der Waals surface area contributed by atoms with Gasteiger partial charge in [0.2, 0.25) is 15.9 Å². The number of aryl methyl sites for hydroxylation is 1. The van der Waals surface area contributed by atoms with Crippen LogP contribution in [-0.2, 0) is 21.9 Å². The summed E-state index contributed by atoms with van der Waals surface area (Å²) in [6.07, 6.45) is 3.35. The number of sulfonamides is 1. The van der Waals surface area contributed by atoms with Crippen LogP contribution in [0.15, 0.2) is 35.5 Å². The lowest BCUT2D eigenvalue weighted by Gasteiger charge is -2.17. The van der Waals surface area contributed by atoms with E-state index in [1.54, 1.807) is 50.2 Å². The molecule has 1 heterocycles. The highest BCUT2D eigenvalue weighted by Crippen LogP contribution is 2.24. The van der Waals surface area contributed by atoms with E-state index in [0.29, 0.717) is 16.8 Å². The predicted molar refractivity (Wildman–Crippen MR) is 98.3 cm³/mol. The van der Waals surface area contributed by atoms with Gasteiger partial charge in [-0.1, -0.05) is 6.07 Å². The Bertz CT molecular complexity index is 851. The fourth-order valence-corrected chi connectivity index (χ4v) is 3.38. The molecule has 1 aromatic carbocycles. The van der Waals surface area contributed by atoms with E-state index in [2.05, 4.69) is 20.5 Å². The van der Waals surface area contributed by atoms with Crippen molar-refractivity contribution in [3.63, 3.8) is 0 Å². The van der Waals surface area contributed by atoms with Crippen LogP contribution in [0.4, 0.5) is 5.69 Å². The fraction of sp³-hybridized carbons (Fsp3) is 0.333. The van der Waals surface area contributed by atoms with E-state index in [-0.39, 0.29) is 23.2 Å². The van der Waals surface area contributed by atoms with Crippen molar-refractivity contribution in [2.45, 2.75) is 17.9 Å². The van der Waals surface area contributed by atoms with Crippen LogP contribution >= 0.6 is 12.4 Å². The summed E-state index contributed by atoms with van der Waals surface area (Å²) in [6, 6.07) is 4.15. The Morgan fingerprint density at radius 1 is 1.28 bits per heavy atom. The molecule has 10 heteroatoms. The molecule has 0 spiro atoms. The molecule has 1 unspecified atom stereocenters. The van der Waals surface area contributed by atoms with Gasteiger partial charge in [0, 0.05) is 24.5 Å². The van der Waals surface area contributed by atoms with Crippen LogP contribution in [0.25, 0.3) is 0 Å². The van der Waals surface area contributed by atoms with E-state index in [1.165, 1.54) is 13.1 Å². The first-order valence-electron chi connectivity index (χ1n) is 7.30. The number of benzene rings is 1. The molecule has 3 N–H and O–H groups in total. The van der Waals surface area contributed by atoms with Gasteiger partial charge < -0.3 is 10.6 Å². The van der Waals surface area contributed by atoms with E-state index in [9.17, 15) is 13.2 Å². The molecule has 25 heavy (non-hydrogen) atoms. The molecule has 2 aromatic rings. The van der Waals surface area contributed by atoms with Gasteiger partial charge in [-0.25, -0.2) is 13.1 Å². The molecule has 1 amide bonds. The topological polar surface area (TPSA) is 105 Å². The van der Waals surface area contributed by atoms with Crippen LogP contribution in [0.2, 0.25) is 0 Å². The van der Waals surface area contributed by atoms with Crippen molar-refractivity contribution in [1.29, 1.82) is 0 Å². The summed E-state index contributed by atoms with van der Waals surface area (Å²) in [5.74, 6) is -0.299. The normalized spacial score (nSPS) is 12.3. The van der Waals surface area contributed by atoms with Gasteiger partial charge in [-0.15, -0.1) is 12.4 Å². The van der Waals surface area contributed by atoms with E-state index >= 15 is 0 Å². The van der Waals surface area contributed by atoms with Gasteiger partial charge in [0.25, 0.3) is 0 Å². The Morgan fingerprint density at radius 2 is 1.96 bits per heavy atom. The third kappa shape index (κ3) is 4.57. The molecule has 1 aromatic heterocycles. The molecule has 0 saturated carbocycles. The Morgan fingerprint density at radius 3 is 2.48 bits per heavy atom. The third-order valence-corrected chi connectivity index (χ3v) is 5.27. The van der Waals surface area contributed by atoms with Gasteiger partial charge in [-0.2, -0.15) is 5.10 Å². The highest BCUT2D eigenvalue weighted by molar-refractivity contribution is 7.89. The second kappa shape index (κ2) is 8.43. The molecule has 0 radical (unpaired) electrons. The minimum absolute atomic E-state index is 0. The van der Waals surface area contributed by atoms with Crippen LogP contribution in [-0.4, -0.2) is 38.2 Å². The molecule has 0 saturated heterocycles. The summed E-state index contributed by atoms with van der Waals surface area (Å²) in [4.78, 5) is 12.7. The summed E-state index contributed by atoms with van der Waals surface area (Å²) in [5, 5.41) is 9.77. The molecule has 0 aliphatic rings. The minimum Gasteiger partial charge on any atom is -0.324 e. The molecule has 138 valence electrons. The maximum absolute atomic E-state index is 12.6. The lowest BCUT2D eigenvalue weighted by Crippen LogP contribution is -2.31. The zero-order valence-electron chi connectivity index (χ0n) is 14.4. The maximum atomic E-state index is 12.6. The first-order chi connectivity index (χ1) is 11.3. The molecule has 0 aliphatic heterocycles. The van der Waals surface area contributed by atoms with E-state index in [4.69, 9.17) is 0 Å². The second-order valence-electron chi connectivity index (χ2n) is 5.29. The Balaban J connectivity index is 0.00000312. The molecular formula is C15H22ClN5O3S. The number of nitrogens with one attached hydrogen (secondary N) is 3. The van der Waals surface area contributed by atoms with E-state index < -0.39 is 16.1 Å². The summed E-state index contributed by atoms with van der Waals surface area (Å²) in [7, 11) is 1.20. The molecule has 0 fully saturated rings. The van der Waals surface area contributed by atoms with Crippen LogP contribution in [0.5, 0.6) is 0 Å². The van der Waals surface area contributed by atoms with E-state index in [0.717, 1.165) is 0 Å². The smallest absolute Gasteiger partial charge is 0.246 e. The van der Waals surface area contributed by atoms with Gasteiger partial charge >= 0.3 is 0 Å². The first-order valence-corrected chi connectivity index (χ1v) is 8.78. The number of carbonyl (C=O) groups excluding carboxylic acids is 1. The first kappa shape index (κ1) is 21.1. The van der Waals surface area contributed by atoms with Crippen molar-refractivity contribution in [2.24, 2.45) is 7.05 Å². The summed E-state index contributed by atoms with van der Waals surface area (Å²) in [5.41, 5.74) is 1.64. The van der Waals surface area contributed by atoms with Crippen molar-refractivity contribution in [3.05, 3.63) is 41.7 Å². The largest absolute Gasteiger partial charge is 0.324 e. The number of hydrogen-bond donors (Lipinski definition) is 3. The Kier molecular flexibility index (Phi) is 7.12. The van der Waals surface area contributed by atoms with Gasteiger partial charge in [0.15, 0.2) is 0 Å². The van der Waals surface area contributed by atoms with Gasteiger partial charge in [0.1, 0.15) is 6.04 Å². The number of carbonyl (C=O) groups is 1. The summed E-state index contributed by atoms with van der Waals surface area (Å²) in [6.45, 7) is 1.65. The SMILES string of the molecule is CNC(C(=O)Nc1cccc(S(=O)(=O)NC)c1C)c1cnn(C)c1.Cl. The van der Waals surface area contributed by atoms with Crippen molar-refractivity contribution >= 4 is 34.0 Å². The predicted octanol–water partition coefficient (Wildman–Crippen LogP) is 0.958. The lowest BCUT2D eigenvalue weighted by molar-refractivity contribution is -0.118. The summed E-state index contributed by atoms with van der Waals surface area (Å²) >= 11 is 0.